The van der Waals surface area contributed by atoms with Crippen LogP contribution in [0.5, 0.6) is 5.75 Å². The molecule has 0 atom stereocenters. The molecule has 0 aromatic heterocycles. The number of thiol groups is 1. The van der Waals surface area contributed by atoms with Crippen LogP contribution in [0.15, 0.2) is 18.2 Å². The molecule has 106 valence electrons. The van der Waals surface area contributed by atoms with E-state index < -0.39 is 0 Å². The highest BCUT2D eigenvalue weighted by molar-refractivity contribution is 7.80. The fraction of sp³-hybridized carbons (Fsp3) is 0.647. The van der Waals surface area contributed by atoms with Crippen molar-refractivity contribution in [3.8, 4) is 5.75 Å². The minimum atomic E-state index is 0.123. The van der Waals surface area contributed by atoms with Crippen LogP contribution >= 0.6 is 12.6 Å². The van der Waals surface area contributed by atoms with Crippen LogP contribution in [0, 0.1) is 5.41 Å². The molecule has 1 nitrogen and oxygen atoms in total. The molecule has 1 aliphatic rings. The third-order valence-electron chi connectivity index (χ3n) is 4.09. The summed E-state index contributed by atoms with van der Waals surface area (Å²) in [7, 11) is 0. The van der Waals surface area contributed by atoms with Crippen molar-refractivity contribution in [1.29, 1.82) is 0 Å². The first-order chi connectivity index (χ1) is 8.90. The average molecular weight is 278 g/mol. The Hall–Kier alpha value is -0.630. The molecule has 0 amide bonds. The fourth-order valence-corrected chi connectivity index (χ4v) is 2.67. The second-order valence-electron chi connectivity index (χ2n) is 6.88. The molecule has 0 spiro atoms. The predicted molar refractivity (Wildman–Crippen MR) is 85.5 cm³/mol. The molecule has 2 heteroatoms. The molecule has 0 radical (unpaired) electrons. The molecule has 1 aromatic rings. The molecular formula is C17H26OS. The molecule has 0 unspecified atom stereocenters. The fourth-order valence-electron chi connectivity index (χ4n) is 2.26. The van der Waals surface area contributed by atoms with Gasteiger partial charge in [-0.2, -0.15) is 12.6 Å². The number of hydrogen-bond acceptors (Lipinski definition) is 2. The molecule has 0 N–H and O–H groups in total. The lowest BCUT2D eigenvalue weighted by Gasteiger charge is -2.25. The first-order valence-corrected chi connectivity index (χ1v) is 7.90. The molecule has 0 saturated heterocycles. The van der Waals surface area contributed by atoms with E-state index in [1.165, 1.54) is 24.0 Å². The number of aryl methyl sites for hydroxylation is 1. The molecule has 1 fully saturated rings. The van der Waals surface area contributed by atoms with Crippen molar-refractivity contribution in [3.05, 3.63) is 29.3 Å². The SMILES string of the molecule is CCc1ccc(OCC2(CS)CC2)c(C(C)(C)C)c1. The first kappa shape index (κ1) is 14.8. The van der Waals surface area contributed by atoms with Gasteiger partial charge in [-0.3, -0.25) is 0 Å². The van der Waals surface area contributed by atoms with Crippen molar-refractivity contribution in [2.75, 3.05) is 12.4 Å². The van der Waals surface area contributed by atoms with E-state index in [0.717, 1.165) is 24.5 Å². The van der Waals surface area contributed by atoms with Gasteiger partial charge in [0, 0.05) is 5.41 Å². The van der Waals surface area contributed by atoms with Gasteiger partial charge in [-0.1, -0.05) is 39.8 Å². The first-order valence-electron chi connectivity index (χ1n) is 7.27. The van der Waals surface area contributed by atoms with Gasteiger partial charge in [-0.15, -0.1) is 0 Å². The van der Waals surface area contributed by atoms with E-state index in [-0.39, 0.29) is 5.41 Å². The zero-order valence-corrected chi connectivity index (χ0v) is 13.5. The summed E-state index contributed by atoms with van der Waals surface area (Å²) >= 11 is 4.44. The maximum Gasteiger partial charge on any atom is 0.123 e. The Morgan fingerprint density at radius 2 is 1.95 bits per heavy atom. The van der Waals surface area contributed by atoms with Crippen LogP contribution in [0.2, 0.25) is 0 Å². The lowest BCUT2D eigenvalue weighted by atomic mass is 9.85. The van der Waals surface area contributed by atoms with Crippen molar-refractivity contribution in [1.82, 2.24) is 0 Å². The Kier molecular flexibility index (Phi) is 4.20. The zero-order valence-electron chi connectivity index (χ0n) is 12.6. The molecule has 1 aromatic carbocycles. The average Bonchev–Trinajstić information content (AvgIpc) is 3.16. The van der Waals surface area contributed by atoms with Gasteiger partial charge in [-0.25, -0.2) is 0 Å². The second kappa shape index (κ2) is 5.40. The van der Waals surface area contributed by atoms with Crippen LogP contribution in [0.3, 0.4) is 0 Å². The highest BCUT2D eigenvalue weighted by atomic mass is 32.1. The Morgan fingerprint density at radius 3 is 2.42 bits per heavy atom. The molecule has 19 heavy (non-hydrogen) atoms. The summed E-state index contributed by atoms with van der Waals surface area (Å²) in [6, 6.07) is 6.63. The zero-order chi connectivity index (χ0) is 14.1. The summed E-state index contributed by atoms with van der Waals surface area (Å²) < 4.78 is 6.13. The van der Waals surface area contributed by atoms with Crippen molar-refractivity contribution >= 4 is 12.6 Å². The van der Waals surface area contributed by atoms with Crippen molar-refractivity contribution in [2.24, 2.45) is 5.41 Å². The number of benzene rings is 1. The van der Waals surface area contributed by atoms with Crippen LogP contribution in [-0.4, -0.2) is 12.4 Å². The van der Waals surface area contributed by atoms with Gasteiger partial charge in [0.25, 0.3) is 0 Å². The smallest absolute Gasteiger partial charge is 0.123 e. The third-order valence-corrected chi connectivity index (χ3v) is 4.76. The van der Waals surface area contributed by atoms with Gasteiger partial charge in [0.15, 0.2) is 0 Å². The third kappa shape index (κ3) is 3.47. The Morgan fingerprint density at radius 1 is 1.26 bits per heavy atom. The van der Waals surface area contributed by atoms with Gasteiger partial charge in [0.2, 0.25) is 0 Å². The quantitative estimate of drug-likeness (QED) is 0.772. The minimum Gasteiger partial charge on any atom is -0.493 e. The molecule has 0 bridgehead atoms. The molecule has 2 rings (SSSR count). The molecule has 0 aliphatic heterocycles. The van der Waals surface area contributed by atoms with Gasteiger partial charge >= 0.3 is 0 Å². The van der Waals surface area contributed by atoms with Gasteiger partial charge in [0.05, 0.1) is 6.61 Å². The van der Waals surface area contributed by atoms with E-state index in [1.807, 2.05) is 0 Å². The highest BCUT2D eigenvalue weighted by Gasteiger charge is 2.42. The maximum absolute atomic E-state index is 6.13. The lowest BCUT2D eigenvalue weighted by molar-refractivity contribution is 0.245. The van der Waals surface area contributed by atoms with Crippen LogP contribution in [0.4, 0.5) is 0 Å². The molecule has 1 saturated carbocycles. The normalized spacial score (nSPS) is 17.3. The van der Waals surface area contributed by atoms with Crippen molar-refractivity contribution in [3.63, 3.8) is 0 Å². The summed E-state index contributed by atoms with van der Waals surface area (Å²) in [4.78, 5) is 0. The van der Waals surface area contributed by atoms with Gasteiger partial charge in [0.1, 0.15) is 5.75 Å². The standard InChI is InChI=1S/C17H26OS/c1-5-13-6-7-15(14(10-13)16(2,3)4)18-11-17(12-19)8-9-17/h6-7,10,19H,5,8-9,11-12H2,1-4H3. The monoisotopic (exact) mass is 278 g/mol. The van der Waals surface area contributed by atoms with E-state index in [0.29, 0.717) is 5.41 Å². The summed E-state index contributed by atoms with van der Waals surface area (Å²) in [6.45, 7) is 9.76. The predicted octanol–water partition coefficient (Wildman–Crippen LogP) is 4.64. The summed E-state index contributed by atoms with van der Waals surface area (Å²) in [5, 5.41) is 0. The van der Waals surface area contributed by atoms with E-state index >= 15 is 0 Å². The summed E-state index contributed by atoms with van der Waals surface area (Å²) in [6.07, 6.45) is 3.59. The second-order valence-corrected chi connectivity index (χ2v) is 7.20. The van der Waals surface area contributed by atoms with E-state index in [9.17, 15) is 0 Å². The lowest BCUT2D eigenvalue weighted by Crippen LogP contribution is -2.18. The van der Waals surface area contributed by atoms with Crippen LogP contribution < -0.4 is 4.74 Å². The highest BCUT2D eigenvalue weighted by Crippen LogP contribution is 2.47. The van der Waals surface area contributed by atoms with E-state index in [4.69, 9.17) is 4.74 Å². The van der Waals surface area contributed by atoms with Gasteiger partial charge < -0.3 is 4.74 Å². The molecular weight excluding hydrogens is 252 g/mol. The number of rotatable bonds is 5. The topological polar surface area (TPSA) is 9.23 Å². The van der Waals surface area contributed by atoms with Gasteiger partial charge in [-0.05, 0) is 47.6 Å². The number of ether oxygens (including phenoxy) is 1. The van der Waals surface area contributed by atoms with Crippen molar-refractivity contribution in [2.45, 2.75) is 52.4 Å². The van der Waals surface area contributed by atoms with E-state index in [2.05, 4.69) is 58.5 Å². The number of hydrogen-bond donors (Lipinski definition) is 1. The Labute approximate surface area is 123 Å². The molecule has 0 heterocycles. The minimum absolute atomic E-state index is 0.123. The largest absolute Gasteiger partial charge is 0.493 e. The van der Waals surface area contributed by atoms with Crippen LogP contribution in [0.25, 0.3) is 0 Å². The molecule has 1 aliphatic carbocycles. The maximum atomic E-state index is 6.13. The van der Waals surface area contributed by atoms with Crippen LogP contribution in [0.1, 0.15) is 51.7 Å². The van der Waals surface area contributed by atoms with Crippen molar-refractivity contribution < 1.29 is 4.74 Å². The van der Waals surface area contributed by atoms with E-state index in [1.54, 1.807) is 0 Å². The van der Waals surface area contributed by atoms with Crippen LogP contribution in [-0.2, 0) is 11.8 Å². The Bertz CT molecular complexity index is 441. The summed E-state index contributed by atoms with van der Waals surface area (Å²) in [5.74, 6) is 1.99. The Balaban J connectivity index is 2.19. The summed E-state index contributed by atoms with van der Waals surface area (Å²) in [5.41, 5.74) is 3.18.